The van der Waals surface area contributed by atoms with Gasteiger partial charge < -0.3 is 11.5 Å². The number of likely N-dealkylation sites (N-methyl/N-ethyl adjacent to an activating group) is 1. The first-order valence-corrected chi connectivity index (χ1v) is 6.26. The Hall–Kier alpha value is -1.39. The minimum Gasteiger partial charge on any atom is -0.369 e. The molecule has 0 bridgehead atoms. The second-order valence-electron chi connectivity index (χ2n) is 4.81. The Bertz CT molecular complexity index is 389. The van der Waals surface area contributed by atoms with Crippen LogP contribution in [0.2, 0.25) is 0 Å². The van der Waals surface area contributed by atoms with Crippen LogP contribution in [0.1, 0.15) is 30.5 Å². The van der Waals surface area contributed by atoms with Crippen molar-refractivity contribution in [1.82, 2.24) is 4.90 Å². The number of amides is 1. The number of hydrogen-bond acceptors (Lipinski definition) is 3. The SMILES string of the molecule is CCC(N)C(c1ccc(C)cc1)N(C)CC(N)=O. The Kier molecular flexibility index (Phi) is 5.31. The molecule has 0 aliphatic heterocycles. The third-order valence-electron chi connectivity index (χ3n) is 3.18. The minimum atomic E-state index is -0.335. The van der Waals surface area contributed by atoms with Crippen LogP contribution in [0.15, 0.2) is 24.3 Å². The number of nitrogens with zero attached hydrogens (tertiary/aromatic N) is 1. The minimum absolute atomic E-state index is 0.0166. The number of benzene rings is 1. The summed E-state index contributed by atoms with van der Waals surface area (Å²) in [5.74, 6) is -0.335. The lowest BCUT2D eigenvalue weighted by molar-refractivity contribution is -0.119. The third kappa shape index (κ3) is 3.82. The summed E-state index contributed by atoms with van der Waals surface area (Å²) in [6, 6.07) is 8.24. The summed E-state index contributed by atoms with van der Waals surface area (Å²) in [6.07, 6.45) is 0.849. The molecule has 4 nitrogen and oxygen atoms in total. The average molecular weight is 249 g/mol. The third-order valence-corrected chi connectivity index (χ3v) is 3.18. The van der Waals surface area contributed by atoms with E-state index in [0.29, 0.717) is 0 Å². The zero-order valence-corrected chi connectivity index (χ0v) is 11.4. The molecular formula is C14H23N3O. The lowest BCUT2D eigenvalue weighted by Crippen LogP contribution is -2.42. The molecule has 1 rings (SSSR count). The van der Waals surface area contributed by atoms with Crippen molar-refractivity contribution in [3.8, 4) is 0 Å². The molecule has 100 valence electrons. The normalized spacial score (nSPS) is 14.5. The van der Waals surface area contributed by atoms with Gasteiger partial charge in [0.15, 0.2) is 0 Å². The molecule has 0 aromatic heterocycles. The van der Waals surface area contributed by atoms with Crippen molar-refractivity contribution in [2.75, 3.05) is 13.6 Å². The zero-order valence-electron chi connectivity index (χ0n) is 11.4. The van der Waals surface area contributed by atoms with Crippen LogP contribution >= 0.6 is 0 Å². The second-order valence-corrected chi connectivity index (χ2v) is 4.81. The van der Waals surface area contributed by atoms with E-state index in [2.05, 4.69) is 24.3 Å². The fraction of sp³-hybridized carbons (Fsp3) is 0.500. The average Bonchev–Trinajstić information content (AvgIpc) is 2.30. The summed E-state index contributed by atoms with van der Waals surface area (Å²) in [5, 5.41) is 0. The Morgan fingerprint density at radius 3 is 2.33 bits per heavy atom. The van der Waals surface area contributed by atoms with Crippen molar-refractivity contribution >= 4 is 5.91 Å². The molecule has 1 aromatic rings. The Balaban J connectivity index is 2.97. The first kappa shape index (κ1) is 14.7. The van der Waals surface area contributed by atoms with E-state index >= 15 is 0 Å². The molecule has 0 aliphatic rings. The van der Waals surface area contributed by atoms with Gasteiger partial charge in [-0.1, -0.05) is 36.8 Å². The molecule has 0 aliphatic carbocycles. The molecule has 2 unspecified atom stereocenters. The van der Waals surface area contributed by atoms with E-state index in [1.807, 2.05) is 25.8 Å². The van der Waals surface area contributed by atoms with Gasteiger partial charge in [-0.25, -0.2) is 0 Å². The predicted octanol–water partition coefficient (Wildman–Crippen LogP) is 1.19. The van der Waals surface area contributed by atoms with Gasteiger partial charge in [0.25, 0.3) is 0 Å². The smallest absolute Gasteiger partial charge is 0.231 e. The highest BCUT2D eigenvalue weighted by Gasteiger charge is 2.23. The van der Waals surface area contributed by atoms with Gasteiger partial charge in [0.2, 0.25) is 5.91 Å². The molecule has 1 aromatic carbocycles. The van der Waals surface area contributed by atoms with Gasteiger partial charge in [0.1, 0.15) is 0 Å². The van der Waals surface area contributed by atoms with Crippen molar-refractivity contribution in [3.05, 3.63) is 35.4 Å². The fourth-order valence-electron chi connectivity index (χ4n) is 2.16. The molecular weight excluding hydrogens is 226 g/mol. The molecule has 4 N–H and O–H groups in total. The van der Waals surface area contributed by atoms with Gasteiger partial charge in [0.05, 0.1) is 12.6 Å². The van der Waals surface area contributed by atoms with E-state index < -0.39 is 0 Å². The van der Waals surface area contributed by atoms with E-state index in [1.54, 1.807) is 0 Å². The summed E-state index contributed by atoms with van der Waals surface area (Å²) in [5.41, 5.74) is 13.8. The van der Waals surface area contributed by atoms with Crippen LogP contribution in [-0.4, -0.2) is 30.4 Å². The van der Waals surface area contributed by atoms with Gasteiger partial charge in [-0.2, -0.15) is 0 Å². The molecule has 4 heteroatoms. The zero-order chi connectivity index (χ0) is 13.7. The Labute approximate surface area is 109 Å². The van der Waals surface area contributed by atoms with Crippen LogP contribution in [0.3, 0.4) is 0 Å². The van der Waals surface area contributed by atoms with Crippen molar-refractivity contribution in [1.29, 1.82) is 0 Å². The monoisotopic (exact) mass is 249 g/mol. The van der Waals surface area contributed by atoms with Crippen molar-refractivity contribution < 1.29 is 4.79 Å². The fourth-order valence-corrected chi connectivity index (χ4v) is 2.16. The van der Waals surface area contributed by atoms with E-state index in [-0.39, 0.29) is 24.5 Å². The van der Waals surface area contributed by atoms with E-state index in [1.165, 1.54) is 5.56 Å². The van der Waals surface area contributed by atoms with E-state index in [0.717, 1.165) is 12.0 Å². The van der Waals surface area contributed by atoms with Crippen LogP contribution < -0.4 is 11.5 Å². The largest absolute Gasteiger partial charge is 0.369 e. The number of hydrogen-bond donors (Lipinski definition) is 2. The maximum absolute atomic E-state index is 11.1. The van der Waals surface area contributed by atoms with Gasteiger partial charge in [0, 0.05) is 6.04 Å². The Morgan fingerprint density at radius 2 is 1.89 bits per heavy atom. The number of carbonyl (C=O) groups excluding carboxylic acids is 1. The maximum atomic E-state index is 11.1. The predicted molar refractivity (Wildman–Crippen MR) is 74.0 cm³/mol. The summed E-state index contributed by atoms with van der Waals surface area (Å²) in [7, 11) is 1.88. The van der Waals surface area contributed by atoms with Crippen molar-refractivity contribution in [2.45, 2.75) is 32.4 Å². The molecule has 0 heterocycles. The summed E-state index contributed by atoms with van der Waals surface area (Å²) < 4.78 is 0. The standard InChI is InChI=1S/C14H23N3O/c1-4-12(15)14(17(3)9-13(16)18)11-7-5-10(2)6-8-11/h5-8,12,14H,4,9,15H2,1-3H3,(H2,16,18). The van der Waals surface area contributed by atoms with Crippen molar-refractivity contribution in [2.24, 2.45) is 11.5 Å². The first-order chi connectivity index (χ1) is 8.45. The van der Waals surface area contributed by atoms with Crippen LogP contribution in [0, 0.1) is 6.92 Å². The number of aryl methyl sites for hydroxylation is 1. The molecule has 18 heavy (non-hydrogen) atoms. The summed E-state index contributed by atoms with van der Waals surface area (Å²) in [4.78, 5) is 13.0. The number of nitrogens with two attached hydrogens (primary N) is 2. The lowest BCUT2D eigenvalue weighted by atomic mass is 9.96. The number of carbonyl (C=O) groups is 1. The van der Waals surface area contributed by atoms with Gasteiger partial charge >= 0.3 is 0 Å². The maximum Gasteiger partial charge on any atom is 0.231 e. The second kappa shape index (κ2) is 6.52. The molecule has 0 saturated carbocycles. The van der Waals surface area contributed by atoms with E-state index in [4.69, 9.17) is 11.5 Å². The molecule has 0 fully saturated rings. The lowest BCUT2D eigenvalue weighted by Gasteiger charge is -2.32. The number of rotatable bonds is 6. The van der Waals surface area contributed by atoms with Gasteiger partial charge in [-0.15, -0.1) is 0 Å². The highest BCUT2D eigenvalue weighted by atomic mass is 16.1. The van der Waals surface area contributed by atoms with Crippen LogP contribution in [0.25, 0.3) is 0 Å². The molecule has 0 radical (unpaired) electrons. The van der Waals surface area contributed by atoms with Crippen LogP contribution in [0.5, 0.6) is 0 Å². The molecule has 0 spiro atoms. The highest BCUT2D eigenvalue weighted by molar-refractivity contribution is 5.75. The highest BCUT2D eigenvalue weighted by Crippen LogP contribution is 2.23. The van der Waals surface area contributed by atoms with Crippen LogP contribution in [-0.2, 0) is 4.79 Å². The summed E-state index contributed by atoms with van der Waals surface area (Å²) in [6.45, 7) is 4.31. The van der Waals surface area contributed by atoms with Gasteiger partial charge in [-0.05, 0) is 26.0 Å². The van der Waals surface area contributed by atoms with Gasteiger partial charge in [-0.3, -0.25) is 9.69 Å². The number of primary amides is 1. The summed E-state index contributed by atoms with van der Waals surface area (Å²) >= 11 is 0. The topological polar surface area (TPSA) is 72.3 Å². The Morgan fingerprint density at radius 1 is 1.33 bits per heavy atom. The quantitative estimate of drug-likeness (QED) is 0.795. The van der Waals surface area contributed by atoms with E-state index in [9.17, 15) is 4.79 Å². The molecule has 2 atom stereocenters. The molecule has 0 saturated heterocycles. The first-order valence-electron chi connectivity index (χ1n) is 6.26. The molecule has 1 amide bonds. The van der Waals surface area contributed by atoms with Crippen molar-refractivity contribution in [3.63, 3.8) is 0 Å². The van der Waals surface area contributed by atoms with Crippen LogP contribution in [0.4, 0.5) is 0 Å².